The number of ether oxygens (including phenoxy) is 2. The number of aliphatic hydroxyl groups is 1. The highest BCUT2D eigenvalue weighted by Crippen LogP contribution is 2.19. The van der Waals surface area contributed by atoms with Gasteiger partial charge in [0.1, 0.15) is 6.10 Å². The first-order valence-corrected chi connectivity index (χ1v) is 5.43. The van der Waals surface area contributed by atoms with Gasteiger partial charge in [-0.2, -0.15) is 0 Å². The maximum atomic E-state index is 9.81. The summed E-state index contributed by atoms with van der Waals surface area (Å²) < 4.78 is 10.4. The normalized spacial score (nSPS) is 12.6. The van der Waals surface area contributed by atoms with Crippen LogP contribution in [-0.2, 0) is 9.47 Å². The van der Waals surface area contributed by atoms with Gasteiger partial charge in [-0.1, -0.05) is 18.2 Å². The van der Waals surface area contributed by atoms with E-state index in [2.05, 4.69) is 0 Å². The first-order valence-electron chi connectivity index (χ1n) is 5.43. The molecule has 0 aliphatic rings. The van der Waals surface area contributed by atoms with Crippen molar-refractivity contribution in [2.45, 2.75) is 13.0 Å². The van der Waals surface area contributed by atoms with Crippen molar-refractivity contribution in [2.24, 2.45) is 0 Å². The number of nitrogen functional groups attached to an aromatic ring is 1. The van der Waals surface area contributed by atoms with E-state index in [-0.39, 0.29) is 6.61 Å². The van der Waals surface area contributed by atoms with Gasteiger partial charge in [-0.25, -0.2) is 0 Å². The molecule has 0 aliphatic carbocycles. The summed E-state index contributed by atoms with van der Waals surface area (Å²) in [6, 6.07) is 7.24. The van der Waals surface area contributed by atoms with Crippen LogP contribution in [0.2, 0.25) is 0 Å². The molecular weight excluding hydrogens is 206 g/mol. The molecule has 0 heterocycles. The van der Waals surface area contributed by atoms with Crippen LogP contribution in [0, 0.1) is 0 Å². The van der Waals surface area contributed by atoms with Gasteiger partial charge in [0.2, 0.25) is 0 Å². The molecule has 16 heavy (non-hydrogen) atoms. The predicted molar refractivity (Wildman–Crippen MR) is 63.1 cm³/mol. The molecular formula is C12H19NO3. The van der Waals surface area contributed by atoms with E-state index in [4.69, 9.17) is 15.2 Å². The number of nitrogens with two attached hydrogens (primary N) is 1. The smallest absolute Gasteiger partial charge is 0.104 e. The van der Waals surface area contributed by atoms with Crippen molar-refractivity contribution in [3.8, 4) is 0 Å². The summed E-state index contributed by atoms with van der Waals surface area (Å²) in [6.07, 6.45) is -0.678. The van der Waals surface area contributed by atoms with Crippen molar-refractivity contribution in [3.63, 3.8) is 0 Å². The number of para-hydroxylation sites is 1. The van der Waals surface area contributed by atoms with Crippen LogP contribution in [-0.4, -0.2) is 31.5 Å². The van der Waals surface area contributed by atoms with E-state index in [0.29, 0.717) is 31.1 Å². The quantitative estimate of drug-likeness (QED) is 0.543. The highest BCUT2D eigenvalue weighted by molar-refractivity contribution is 5.47. The second-order valence-electron chi connectivity index (χ2n) is 3.42. The van der Waals surface area contributed by atoms with Crippen LogP contribution in [0.15, 0.2) is 24.3 Å². The number of rotatable bonds is 7. The van der Waals surface area contributed by atoms with E-state index >= 15 is 0 Å². The van der Waals surface area contributed by atoms with Crippen molar-refractivity contribution >= 4 is 5.69 Å². The maximum Gasteiger partial charge on any atom is 0.104 e. The first kappa shape index (κ1) is 13.0. The zero-order chi connectivity index (χ0) is 11.8. The lowest BCUT2D eigenvalue weighted by molar-refractivity contribution is 0.00554. The lowest BCUT2D eigenvalue weighted by atomic mass is 10.1. The molecule has 90 valence electrons. The number of benzene rings is 1. The van der Waals surface area contributed by atoms with Crippen molar-refractivity contribution in [1.29, 1.82) is 0 Å². The third-order valence-electron chi connectivity index (χ3n) is 2.21. The Hall–Kier alpha value is -1.10. The van der Waals surface area contributed by atoms with Crippen LogP contribution in [0.5, 0.6) is 0 Å². The molecule has 4 nitrogen and oxygen atoms in total. The van der Waals surface area contributed by atoms with E-state index in [1.165, 1.54) is 0 Å². The van der Waals surface area contributed by atoms with Gasteiger partial charge in [-0.3, -0.25) is 0 Å². The molecule has 1 unspecified atom stereocenters. The molecule has 0 saturated carbocycles. The fraction of sp³-hybridized carbons (Fsp3) is 0.500. The van der Waals surface area contributed by atoms with Gasteiger partial charge < -0.3 is 20.3 Å². The summed E-state index contributed by atoms with van der Waals surface area (Å²) in [5.41, 5.74) is 7.03. The summed E-state index contributed by atoms with van der Waals surface area (Å²) >= 11 is 0. The van der Waals surface area contributed by atoms with Crippen molar-refractivity contribution in [3.05, 3.63) is 29.8 Å². The molecule has 1 aromatic carbocycles. The second-order valence-corrected chi connectivity index (χ2v) is 3.42. The van der Waals surface area contributed by atoms with E-state index < -0.39 is 6.10 Å². The van der Waals surface area contributed by atoms with Gasteiger partial charge in [0.05, 0.1) is 19.8 Å². The minimum atomic E-state index is -0.678. The Morgan fingerprint density at radius 1 is 1.25 bits per heavy atom. The van der Waals surface area contributed by atoms with E-state index in [0.717, 1.165) is 0 Å². The van der Waals surface area contributed by atoms with E-state index in [9.17, 15) is 5.11 Å². The summed E-state index contributed by atoms with van der Waals surface area (Å²) in [4.78, 5) is 0. The number of hydrogen-bond acceptors (Lipinski definition) is 4. The Kier molecular flexibility index (Phi) is 5.85. The van der Waals surface area contributed by atoms with E-state index in [1.807, 2.05) is 19.1 Å². The Bertz CT molecular complexity index is 304. The van der Waals surface area contributed by atoms with Crippen LogP contribution >= 0.6 is 0 Å². The zero-order valence-corrected chi connectivity index (χ0v) is 9.56. The van der Waals surface area contributed by atoms with Gasteiger partial charge in [-0.05, 0) is 13.0 Å². The lowest BCUT2D eigenvalue weighted by Gasteiger charge is -2.13. The Balaban J connectivity index is 2.30. The second kappa shape index (κ2) is 7.22. The van der Waals surface area contributed by atoms with Gasteiger partial charge in [0.15, 0.2) is 0 Å². The average molecular weight is 225 g/mol. The molecule has 1 atom stereocenters. The topological polar surface area (TPSA) is 64.7 Å². The zero-order valence-electron chi connectivity index (χ0n) is 9.56. The summed E-state index contributed by atoms with van der Waals surface area (Å²) in [5, 5.41) is 9.81. The molecule has 4 heteroatoms. The molecule has 0 aromatic heterocycles. The largest absolute Gasteiger partial charge is 0.398 e. The molecule has 0 amide bonds. The molecule has 3 N–H and O–H groups in total. The maximum absolute atomic E-state index is 9.81. The third-order valence-corrected chi connectivity index (χ3v) is 2.21. The molecule has 1 aromatic rings. The van der Waals surface area contributed by atoms with Crippen LogP contribution < -0.4 is 5.73 Å². The Labute approximate surface area is 96.0 Å². The SMILES string of the molecule is CCOCCOCC(O)c1ccccc1N. The summed E-state index contributed by atoms with van der Waals surface area (Å²) in [5.74, 6) is 0. The van der Waals surface area contributed by atoms with Gasteiger partial charge in [-0.15, -0.1) is 0 Å². The lowest BCUT2D eigenvalue weighted by Crippen LogP contribution is -2.12. The molecule has 0 fully saturated rings. The predicted octanol–water partition coefficient (Wildman–Crippen LogP) is 1.36. The highest BCUT2D eigenvalue weighted by atomic mass is 16.5. The van der Waals surface area contributed by atoms with E-state index in [1.54, 1.807) is 12.1 Å². The molecule has 0 aliphatic heterocycles. The minimum absolute atomic E-state index is 0.237. The fourth-order valence-corrected chi connectivity index (χ4v) is 1.36. The molecule has 0 bridgehead atoms. The van der Waals surface area contributed by atoms with Gasteiger partial charge >= 0.3 is 0 Å². The van der Waals surface area contributed by atoms with Crippen molar-refractivity contribution in [1.82, 2.24) is 0 Å². The van der Waals surface area contributed by atoms with Crippen LogP contribution in [0.3, 0.4) is 0 Å². The first-order chi connectivity index (χ1) is 7.75. The number of anilines is 1. The molecule has 1 rings (SSSR count). The molecule has 0 spiro atoms. The van der Waals surface area contributed by atoms with Crippen molar-refractivity contribution < 1.29 is 14.6 Å². The molecule has 0 saturated heterocycles. The Morgan fingerprint density at radius 2 is 1.94 bits per heavy atom. The van der Waals surface area contributed by atoms with Crippen molar-refractivity contribution in [2.75, 3.05) is 32.2 Å². The molecule has 0 radical (unpaired) electrons. The van der Waals surface area contributed by atoms with Crippen LogP contribution in [0.1, 0.15) is 18.6 Å². The number of aliphatic hydroxyl groups excluding tert-OH is 1. The summed E-state index contributed by atoms with van der Waals surface area (Å²) in [6.45, 7) is 3.88. The van der Waals surface area contributed by atoms with Gasteiger partial charge in [0, 0.05) is 17.9 Å². The summed E-state index contributed by atoms with van der Waals surface area (Å²) in [7, 11) is 0. The number of hydrogen-bond donors (Lipinski definition) is 2. The Morgan fingerprint density at radius 3 is 2.62 bits per heavy atom. The minimum Gasteiger partial charge on any atom is -0.398 e. The van der Waals surface area contributed by atoms with Crippen LogP contribution in [0.4, 0.5) is 5.69 Å². The van der Waals surface area contributed by atoms with Gasteiger partial charge in [0.25, 0.3) is 0 Å². The third kappa shape index (κ3) is 4.18. The standard InChI is InChI=1S/C12H19NO3/c1-2-15-7-8-16-9-12(14)10-5-3-4-6-11(10)13/h3-6,12,14H,2,7-9,13H2,1H3. The van der Waals surface area contributed by atoms with Crippen LogP contribution in [0.25, 0.3) is 0 Å². The monoisotopic (exact) mass is 225 g/mol. The fourth-order valence-electron chi connectivity index (χ4n) is 1.36. The average Bonchev–Trinajstić information content (AvgIpc) is 2.29. The highest BCUT2D eigenvalue weighted by Gasteiger charge is 2.09.